The number of carbonyl (C=O) groups is 2. The molecule has 3 amide bonds. The Kier molecular flexibility index (Phi) is 4.36. The summed E-state index contributed by atoms with van der Waals surface area (Å²) in [6, 6.07) is 7.01. The molecule has 1 saturated heterocycles. The zero-order chi connectivity index (χ0) is 18.1. The van der Waals surface area contributed by atoms with Crippen LogP contribution in [0.4, 0.5) is 16.2 Å². The fourth-order valence-corrected chi connectivity index (χ4v) is 3.71. The molecular weight excluding hydrogens is 374 g/mol. The second-order valence-corrected chi connectivity index (χ2v) is 6.83. The number of rotatable bonds is 4. The van der Waals surface area contributed by atoms with Crippen LogP contribution >= 0.6 is 22.9 Å². The highest BCUT2D eigenvalue weighted by Gasteiger charge is 2.20. The number of urea groups is 1. The number of imidazole rings is 1. The maximum Gasteiger partial charge on any atom is 0.321 e. The molecule has 0 spiro atoms. The lowest BCUT2D eigenvalue weighted by Gasteiger charge is -2.14. The number of anilines is 2. The summed E-state index contributed by atoms with van der Waals surface area (Å²) in [5, 5.41) is 7.79. The molecule has 0 unspecified atom stereocenters. The number of hydrogen-bond acceptors (Lipinski definition) is 4. The number of halogens is 1. The molecule has 0 bridgehead atoms. The normalized spacial score (nSPS) is 14.3. The highest BCUT2D eigenvalue weighted by Crippen LogP contribution is 2.23. The van der Waals surface area contributed by atoms with Crippen molar-refractivity contribution in [3.63, 3.8) is 0 Å². The van der Waals surface area contributed by atoms with Crippen LogP contribution < -0.4 is 15.5 Å². The van der Waals surface area contributed by atoms with Gasteiger partial charge in [0, 0.05) is 42.1 Å². The van der Waals surface area contributed by atoms with Crippen molar-refractivity contribution in [2.24, 2.45) is 0 Å². The molecule has 1 aliphatic rings. The minimum atomic E-state index is -0.280. The van der Waals surface area contributed by atoms with Crippen molar-refractivity contribution in [3.05, 3.63) is 52.8 Å². The van der Waals surface area contributed by atoms with E-state index in [9.17, 15) is 9.59 Å². The van der Waals surface area contributed by atoms with Crippen molar-refractivity contribution in [2.75, 3.05) is 23.3 Å². The highest BCUT2D eigenvalue weighted by molar-refractivity contribution is 7.15. The fourth-order valence-electron chi connectivity index (χ4n) is 2.71. The largest absolute Gasteiger partial charge is 0.336 e. The predicted molar refractivity (Wildman–Crippen MR) is 103 cm³/mol. The summed E-state index contributed by atoms with van der Waals surface area (Å²) < 4.78 is 1.83. The number of thiazole rings is 1. The van der Waals surface area contributed by atoms with Gasteiger partial charge in [-0.2, -0.15) is 0 Å². The smallest absolute Gasteiger partial charge is 0.321 e. The maximum atomic E-state index is 12.1. The summed E-state index contributed by atoms with van der Waals surface area (Å²) in [5.74, 6) is -0.280. The van der Waals surface area contributed by atoms with E-state index in [4.69, 9.17) is 11.6 Å². The number of fused-ring (bicyclic) bond motifs is 1. The Morgan fingerprint density at radius 1 is 1.35 bits per heavy atom. The third kappa shape index (κ3) is 3.16. The predicted octanol–water partition coefficient (Wildman–Crippen LogP) is 3.23. The van der Waals surface area contributed by atoms with Crippen molar-refractivity contribution < 1.29 is 9.59 Å². The van der Waals surface area contributed by atoms with E-state index in [2.05, 4.69) is 15.6 Å². The number of nitrogens with one attached hydrogen (secondary N) is 2. The molecule has 2 aromatic heterocycles. The molecule has 1 aliphatic heterocycles. The van der Waals surface area contributed by atoms with Gasteiger partial charge in [0.05, 0.1) is 5.69 Å². The van der Waals surface area contributed by atoms with Crippen LogP contribution in [0.1, 0.15) is 5.69 Å². The van der Waals surface area contributed by atoms with E-state index in [0.29, 0.717) is 29.6 Å². The Hall–Kier alpha value is -2.84. The molecule has 1 fully saturated rings. The summed E-state index contributed by atoms with van der Waals surface area (Å²) >= 11 is 7.57. The number of nitrogens with zero attached hydrogens (tertiary/aromatic N) is 3. The van der Waals surface area contributed by atoms with Gasteiger partial charge in [-0.3, -0.25) is 14.1 Å². The van der Waals surface area contributed by atoms with Crippen molar-refractivity contribution in [1.29, 1.82) is 0 Å². The lowest BCUT2D eigenvalue weighted by molar-refractivity contribution is -0.111. The molecule has 0 saturated carbocycles. The summed E-state index contributed by atoms with van der Waals surface area (Å²) in [5.41, 5.74) is 2.09. The Bertz CT molecular complexity index is 1010. The van der Waals surface area contributed by atoms with Gasteiger partial charge in [-0.25, -0.2) is 9.78 Å². The van der Waals surface area contributed by atoms with Crippen molar-refractivity contribution in [3.8, 4) is 0 Å². The van der Waals surface area contributed by atoms with Crippen LogP contribution in [-0.4, -0.2) is 34.4 Å². The summed E-state index contributed by atoms with van der Waals surface area (Å²) in [6.45, 7) is 1.27. The van der Waals surface area contributed by atoms with Gasteiger partial charge in [0.2, 0.25) is 5.91 Å². The Labute approximate surface area is 157 Å². The van der Waals surface area contributed by atoms with Gasteiger partial charge in [-0.1, -0.05) is 11.6 Å². The first-order valence-electron chi connectivity index (χ1n) is 7.87. The van der Waals surface area contributed by atoms with E-state index >= 15 is 0 Å². The molecule has 0 aliphatic carbocycles. The molecule has 7 nitrogen and oxygen atoms in total. The fraction of sp³-hybridized carbons (Fsp3) is 0.118. The van der Waals surface area contributed by atoms with Gasteiger partial charge in [-0.15, -0.1) is 11.3 Å². The second kappa shape index (κ2) is 6.81. The summed E-state index contributed by atoms with van der Waals surface area (Å²) in [4.78, 5) is 30.4. The van der Waals surface area contributed by atoms with Crippen molar-refractivity contribution in [1.82, 2.24) is 14.7 Å². The van der Waals surface area contributed by atoms with E-state index in [1.807, 2.05) is 16.0 Å². The maximum absolute atomic E-state index is 12.1. The molecular formula is C17H14ClN5O2S. The quantitative estimate of drug-likeness (QED) is 0.674. The van der Waals surface area contributed by atoms with Crippen LogP contribution in [0.15, 0.2) is 41.9 Å². The van der Waals surface area contributed by atoms with Gasteiger partial charge < -0.3 is 10.6 Å². The zero-order valence-electron chi connectivity index (χ0n) is 13.5. The molecule has 4 rings (SSSR count). The SMILES string of the molecule is O=C(/C=C/c1c(Cl)nc2sccn12)Nc1ccc(N2CCNC2=O)cc1. The first kappa shape index (κ1) is 16.6. The average Bonchev–Trinajstić information content (AvgIpc) is 3.31. The molecule has 9 heteroatoms. The molecule has 2 N–H and O–H groups in total. The summed E-state index contributed by atoms with van der Waals surface area (Å²) in [6.07, 6.45) is 4.89. The Morgan fingerprint density at radius 2 is 2.15 bits per heavy atom. The molecule has 3 aromatic rings. The van der Waals surface area contributed by atoms with Crippen LogP contribution in [0.2, 0.25) is 5.15 Å². The van der Waals surface area contributed by atoms with Crippen LogP contribution in [0.25, 0.3) is 11.0 Å². The lowest BCUT2D eigenvalue weighted by atomic mass is 10.2. The van der Waals surface area contributed by atoms with Gasteiger partial charge in [0.1, 0.15) is 0 Å². The highest BCUT2D eigenvalue weighted by atomic mass is 35.5. The first-order valence-corrected chi connectivity index (χ1v) is 9.13. The number of aromatic nitrogens is 2. The van der Waals surface area contributed by atoms with Gasteiger partial charge in [-0.05, 0) is 30.3 Å². The van der Waals surface area contributed by atoms with Gasteiger partial charge >= 0.3 is 6.03 Å². The van der Waals surface area contributed by atoms with Crippen molar-refractivity contribution >= 4 is 57.3 Å². The lowest BCUT2D eigenvalue weighted by Crippen LogP contribution is -2.27. The number of amides is 3. The van der Waals surface area contributed by atoms with E-state index in [1.165, 1.54) is 17.4 Å². The van der Waals surface area contributed by atoms with Crippen LogP contribution in [0.3, 0.4) is 0 Å². The average molecular weight is 388 g/mol. The van der Waals surface area contributed by atoms with E-state index in [1.54, 1.807) is 35.2 Å². The first-order chi connectivity index (χ1) is 12.6. The van der Waals surface area contributed by atoms with E-state index < -0.39 is 0 Å². The standard InChI is InChI=1S/C17H14ClN5O2S/c18-15-13(23-9-10-26-17(23)21-15)5-6-14(24)20-11-1-3-12(4-2-11)22-8-7-19-16(22)25/h1-6,9-10H,7-8H2,(H,19,25)(H,20,24)/b6-5+. The van der Waals surface area contributed by atoms with Crippen LogP contribution in [-0.2, 0) is 4.79 Å². The third-order valence-corrected chi connectivity index (χ3v) is 4.98. The van der Waals surface area contributed by atoms with Gasteiger partial charge in [0.15, 0.2) is 10.1 Å². The number of hydrogen-bond donors (Lipinski definition) is 2. The topological polar surface area (TPSA) is 78.7 Å². The van der Waals surface area contributed by atoms with E-state index in [-0.39, 0.29) is 11.9 Å². The third-order valence-electron chi connectivity index (χ3n) is 3.95. The number of benzene rings is 1. The molecule has 26 heavy (non-hydrogen) atoms. The molecule has 0 atom stereocenters. The van der Waals surface area contributed by atoms with Crippen LogP contribution in [0.5, 0.6) is 0 Å². The Balaban J connectivity index is 1.44. The minimum absolute atomic E-state index is 0.109. The zero-order valence-corrected chi connectivity index (χ0v) is 15.0. The second-order valence-electron chi connectivity index (χ2n) is 5.60. The summed E-state index contributed by atoms with van der Waals surface area (Å²) in [7, 11) is 0. The van der Waals surface area contributed by atoms with E-state index in [0.717, 1.165) is 10.6 Å². The molecule has 132 valence electrons. The van der Waals surface area contributed by atoms with Gasteiger partial charge in [0.25, 0.3) is 0 Å². The monoisotopic (exact) mass is 387 g/mol. The number of carbonyl (C=O) groups excluding carboxylic acids is 2. The minimum Gasteiger partial charge on any atom is -0.336 e. The molecule has 0 radical (unpaired) electrons. The molecule has 1 aromatic carbocycles. The molecule has 3 heterocycles. The van der Waals surface area contributed by atoms with Crippen molar-refractivity contribution in [2.45, 2.75) is 0 Å². The van der Waals surface area contributed by atoms with Crippen LogP contribution in [0, 0.1) is 0 Å². The Morgan fingerprint density at radius 3 is 2.88 bits per heavy atom.